The predicted molar refractivity (Wildman–Crippen MR) is 85.6 cm³/mol. The highest BCUT2D eigenvalue weighted by Crippen LogP contribution is 2.38. The summed E-state index contributed by atoms with van der Waals surface area (Å²) >= 11 is 0. The van der Waals surface area contributed by atoms with Gasteiger partial charge in [-0.25, -0.2) is 0 Å². The molecule has 1 saturated carbocycles. The van der Waals surface area contributed by atoms with Gasteiger partial charge in [-0.1, -0.05) is 33.6 Å². The quantitative estimate of drug-likeness (QED) is 0.753. The first-order chi connectivity index (χ1) is 8.76. The molecule has 0 radical (unpaired) electrons. The van der Waals surface area contributed by atoms with Gasteiger partial charge in [0.2, 0.25) is 0 Å². The minimum absolute atomic E-state index is 0.241. The van der Waals surface area contributed by atoms with Crippen LogP contribution in [0.5, 0.6) is 0 Å². The second kappa shape index (κ2) is 7.08. The lowest BCUT2D eigenvalue weighted by Crippen LogP contribution is -2.48. The van der Waals surface area contributed by atoms with Gasteiger partial charge in [0.05, 0.1) is 0 Å². The first-order valence-corrected chi connectivity index (χ1v) is 8.24. The Morgan fingerprint density at radius 2 is 1.74 bits per heavy atom. The molecule has 19 heavy (non-hydrogen) atoms. The Hall–Kier alpha value is -0.0800. The van der Waals surface area contributed by atoms with Crippen LogP contribution in [-0.4, -0.2) is 36.6 Å². The lowest BCUT2D eigenvalue weighted by atomic mass is 9.84. The molecular weight excluding hydrogens is 232 g/mol. The average Bonchev–Trinajstić information content (AvgIpc) is 2.73. The van der Waals surface area contributed by atoms with Crippen LogP contribution < -0.4 is 5.32 Å². The number of hydrogen-bond donors (Lipinski definition) is 1. The van der Waals surface area contributed by atoms with Crippen LogP contribution in [0.2, 0.25) is 0 Å². The van der Waals surface area contributed by atoms with Crippen molar-refractivity contribution in [3.63, 3.8) is 0 Å². The van der Waals surface area contributed by atoms with Gasteiger partial charge in [-0.3, -0.25) is 0 Å². The largest absolute Gasteiger partial charge is 0.311 e. The lowest BCUT2D eigenvalue weighted by Gasteiger charge is -2.38. The Kier molecular flexibility index (Phi) is 6.32. The van der Waals surface area contributed by atoms with Crippen LogP contribution in [0.3, 0.4) is 0 Å². The number of hydrogen-bond acceptors (Lipinski definition) is 2. The Morgan fingerprint density at radius 1 is 1.16 bits per heavy atom. The molecule has 0 aromatic heterocycles. The highest BCUT2D eigenvalue weighted by atomic mass is 15.1. The third kappa shape index (κ3) is 6.27. The van der Waals surface area contributed by atoms with Crippen LogP contribution >= 0.6 is 0 Å². The van der Waals surface area contributed by atoms with Gasteiger partial charge in [0, 0.05) is 25.2 Å². The monoisotopic (exact) mass is 268 g/mol. The molecule has 0 spiro atoms. The molecule has 1 aliphatic rings. The molecule has 0 aromatic carbocycles. The van der Waals surface area contributed by atoms with Crippen molar-refractivity contribution in [3.8, 4) is 0 Å². The van der Waals surface area contributed by atoms with E-state index in [1.165, 1.54) is 51.9 Å². The molecule has 0 heterocycles. The van der Waals surface area contributed by atoms with Crippen molar-refractivity contribution in [2.24, 2.45) is 11.3 Å². The molecule has 1 fully saturated rings. The fourth-order valence-electron chi connectivity index (χ4n) is 3.26. The first-order valence-electron chi connectivity index (χ1n) is 8.24. The van der Waals surface area contributed by atoms with Crippen LogP contribution in [0, 0.1) is 11.3 Å². The fraction of sp³-hybridized carbons (Fsp3) is 1.00. The van der Waals surface area contributed by atoms with Gasteiger partial charge in [-0.2, -0.15) is 0 Å². The highest BCUT2D eigenvalue weighted by molar-refractivity contribution is 4.91. The van der Waals surface area contributed by atoms with Crippen molar-refractivity contribution in [3.05, 3.63) is 0 Å². The van der Waals surface area contributed by atoms with E-state index >= 15 is 0 Å². The van der Waals surface area contributed by atoms with Crippen molar-refractivity contribution in [1.82, 2.24) is 10.2 Å². The van der Waals surface area contributed by atoms with Crippen LogP contribution in [0.1, 0.15) is 67.2 Å². The Balaban J connectivity index is 2.59. The van der Waals surface area contributed by atoms with E-state index in [0.29, 0.717) is 5.41 Å². The van der Waals surface area contributed by atoms with Gasteiger partial charge in [0.15, 0.2) is 0 Å². The first kappa shape index (κ1) is 17.0. The Morgan fingerprint density at radius 3 is 2.16 bits per heavy atom. The molecule has 0 atom stereocenters. The molecule has 0 bridgehead atoms. The minimum Gasteiger partial charge on any atom is -0.311 e. The number of nitrogens with zero attached hydrogens (tertiary/aromatic N) is 1. The van der Waals surface area contributed by atoms with Crippen LogP contribution in [-0.2, 0) is 0 Å². The summed E-state index contributed by atoms with van der Waals surface area (Å²) in [5, 5.41) is 3.76. The van der Waals surface area contributed by atoms with E-state index in [1.54, 1.807) is 0 Å². The number of rotatable bonds is 7. The van der Waals surface area contributed by atoms with Gasteiger partial charge < -0.3 is 10.2 Å². The molecule has 114 valence electrons. The van der Waals surface area contributed by atoms with Crippen molar-refractivity contribution in [1.29, 1.82) is 0 Å². The molecular formula is C17H36N2. The second-order valence-electron chi connectivity index (χ2n) is 8.03. The van der Waals surface area contributed by atoms with Crippen molar-refractivity contribution < 1.29 is 0 Å². The minimum atomic E-state index is 0.241. The smallest absolute Gasteiger partial charge is 0.00967 e. The summed E-state index contributed by atoms with van der Waals surface area (Å²) in [7, 11) is 0. The molecule has 2 heteroatoms. The molecule has 0 aliphatic heterocycles. The van der Waals surface area contributed by atoms with Gasteiger partial charge in [0.1, 0.15) is 0 Å². The molecule has 0 saturated heterocycles. The predicted octanol–water partition coefficient (Wildman–Crippen LogP) is 3.91. The Labute approximate surface area is 121 Å². The maximum Gasteiger partial charge on any atom is 0.00967 e. The van der Waals surface area contributed by atoms with E-state index in [9.17, 15) is 0 Å². The second-order valence-corrected chi connectivity index (χ2v) is 8.03. The average molecular weight is 268 g/mol. The van der Waals surface area contributed by atoms with Gasteiger partial charge in [0.25, 0.3) is 0 Å². The number of nitrogens with one attached hydrogen (secondary N) is 1. The summed E-state index contributed by atoms with van der Waals surface area (Å²) in [5.41, 5.74) is 0.767. The molecule has 1 N–H and O–H groups in total. The Bertz CT molecular complexity index is 246. The van der Waals surface area contributed by atoms with Gasteiger partial charge in [-0.05, 0) is 51.5 Å². The third-order valence-electron chi connectivity index (χ3n) is 4.29. The summed E-state index contributed by atoms with van der Waals surface area (Å²) in [6.07, 6.45) is 5.66. The fourth-order valence-corrected chi connectivity index (χ4v) is 3.26. The van der Waals surface area contributed by atoms with E-state index in [4.69, 9.17) is 0 Å². The molecule has 0 amide bonds. The van der Waals surface area contributed by atoms with E-state index in [2.05, 4.69) is 51.8 Å². The van der Waals surface area contributed by atoms with E-state index in [1.807, 2.05) is 0 Å². The van der Waals surface area contributed by atoms with Crippen LogP contribution in [0.4, 0.5) is 0 Å². The molecule has 0 aromatic rings. The highest BCUT2D eigenvalue weighted by Gasteiger charge is 2.35. The van der Waals surface area contributed by atoms with Crippen LogP contribution in [0.15, 0.2) is 0 Å². The maximum atomic E-state index is 3.76. The van der Waals surface area contributed by atoms with Crippen molar-refractivity contribution >= 4 is 0 Å². The molecule has 1 aliphatic carbocycles. The maximum absolute atomic E-state index is 3.76. The summed E-state index contributed by atoms with van der Waals surface area (Å²) in [5.74, 6) is 0.772. The van der Waals surface area contributed by atoms with E-state index < -0.39 is 0 Å². The topological polar surface area (TPSA) is 15.3 Å². The zero-order valence-electron chi connectivity index (χ0n) is 14.2. The van der Waals surface area contributed by atoms with Gasteiger partial charge >= 0.3 is 0 Å². The summed E-state index contributed by atoms with van der Waals surface area (Å²) in [6, 6.07) is 0. The molecule has 2 nitrogen and oxygen atoms in total. The zero-order chi connectivity index (χ0) is 14.5. The zero-order valence-corrected chi connectivity index (χ0v) is 14.2. The normalized spacial score (nSPS) is 19.6. The third-order valence-corrected chi connectivity index (χ3v) is 4.29. The molecule has 1 rings (SSSR count). The summed E-state index contributed by atoms with van der Waals surface area (Å²) in [6.45, 7) is 18.7. The van der Waals surface area contributed by atoms with E-state index in [0.717, 1.165) is 5.92 Å². The summed E-state index contributed by atoms with van der Waals surface area (Å²) < 4.78 is 0. The van der Waals surface area contributed by atoms with Crippen molar-refractivity contribution in [2.75, 3.05) is 26.2 Å². The summed E-state index contributed by atoms with van der Waals surface area (Å²) in [4.78, 5) is 2.67. The van der Waals surface area contributed by atoms with E-state index in [-0.39, 0.29) is 5.54 Å². The standard InChI is InChI=1S/C17H36N2/c1-7-19(12-15(2)3)14-17(10-8-9-11-17)13-18-16(4,5)6/h15,18H,7-14H2,1-6H3. The van der Waals surface area contributed by atoms with Crippen molar-refractivity contribution in [2.45, 2.75) is 72.8 Å². The molecule has 0 unspecified atom stereocenters. The SMILES string of the molecule is CCN(CC(C)C)CC1(CNC(C)(C)C)CCCC1. The lowest BCUT2D eigenvalue weighted by molar-refractivity contribution is 0.134. The van der Waals surface area contributed by atoms with Gasteiger partial charge in [-0.15, -0.1) is 0 Å². The van der Waals surface area contributed by atoms with Crippen LogP contribution in [0.25, 0.3) is 0 Å².